The first-order chi connectivity index (χ1) is 12.9. The minimum absolute atomic E-state index is 0.0531. The second-order valence-corrected chi connectivity index (χ2v) is 7.03. The van der Waals surface area contributed by atoms with Gasteiger partial charge in [-0.2, -0.15) is 0 Å². The van der Waals surface area contributed by atoms with Crippen LogP contribution in [0.1, 0.15) is 24.2 Å². The van der Waals surface area contributed by atoms with E-state index in [9.17, 15) is 14.0 Å². The van der Waals surface area contributed by atoms with Gasteiger partial charge in [0, 0.05) is 11.3 Å². The summed E-state index contributed by atoms with van der Waals surface area (Å²) >= 11 is 1.06. The van der Waals surface area contributed by atoms with Crippen molar-refractivity contribution in [1.82, 2.24) is 10.2 Å². The monoisotopic (exact) mass is 385 g/mol. The van der Waals surface area contributed by atoms with Crippen molar-refractivity contribution in [1.29, 1.82) is 0 Å². The Labute approximate surface area is 159 Å². The molecule has 0 saturated carbocycles. The molecule has 1 heterocycles. The van der Waals surface area contributed by atoms with Crippen molar-refractivity contribution in [3.63, 3.8) is 0 Å². The van der Waals surface area contributed by atoms with E-state index in [1.165, 1.54) is 19.1 Å². The van der Waals surface area contributed by atoms with E-state index in [0.717, 1.165) is 11.8 Å². The average Bonchev–Trinajstić information content (AvgIpc) is 3.10. The highest BCUT2D eigenvalue weighted by atomic mass is 32.2. The van der Waals surface area contributed by atoms with E-state index >= 15 is 0 Å². The van der Waals surface area contributed by atoms with Crippen molar-refractivity contribution in [3.8, 4) is 11.5 Å². The van der Waals surface area contributed by atoms with Crippen LogP contribution in [0.25, 0.3) is 11.5 Å². The number of ketones is 1. The Morgan fingerprint density at radius 1 is 1.15 bits per heavy atom. The number of Topliss-reactive ketones (excluding diaryl/α,β-unsaturated/α-hetero) is 1. The maximum atomic E-state index is 13.8. The Morgan fingerprint density at radius 3 is 2.67 bits per heavy atom. The summed E-state index contributed by atoms with van der Waals surface area (Å²) in [6.07, 6.45) is 0. The molecule has 0 unspecified atom stereocenters. The Morgan fingerprint density at radius 2 is 1.93 bits per heavy atom. The van der Waals surface area contributed by atoms with Crippen molar-refractivity contribution in [3.05, 3.63) is 59.9 Å². The molecule has 1 atom stereocenters. The van der Waals surface area contributed by atoms with Crippen LogP contribution in [-0.4, -0.2) is 27.1 Å². The molecule has 0 saturated heterocycles. The minimum Gasteiger partial charge on any atom is -0.411 e. The molecule has 0 aliphatic rings. The van der Waals surface area contributed by atoms with Gasteiger partial charge in [0.2, 0.25) is 5.91 Å². The fraction of sp³-hybridized carbons (Fsp3) is 0.158. The molecule has 0 aliphatic heterocycles. The Hall–Kier alpha value is -3.00. The SMILES string of the molecule is CC(=O)c1cccc(NC(=O)[C@H](C)Sc2nnc(-c3ccccc3F)o2)c1. The number of rotatable bonds is 6. The molecule has 27 heavy (non-hydrogen) atoms. The molecule has 1 N–H and O–H groups in total. The van der Waals surface area contributed by atoms with Gasteiger partial charge >= 0.3 is 0 Å². The molecule has 0 fully saturated rings. The maximum Gasteiger partial charge on any atom is 0.277 e. The number of nitrogens with one attached hydrogen (secondary N) is 1. The first kappa shape index (κ1) is 18.8. The molecule has 1 amide bonds. The van der Waals surface area contributed by atoms with Crippen LogP contribution >= 0.6 is 11.8 Å². The third-order valence-electron chi connectivity index (χ3n) is 3.69. The van der Waals surface area contributed by atoms with Crippen LogP contribution in [0.15, 0.2) is 58.2 Å². The molecule has 0 spiro atoms. The highest BCUT2D eigenvalue weighted by Crippen LogP contribution is 2.28. The zero-order chi connectivity index (χ0) is 19.4. The normalized spacial score (nSPS) is 11.8. The number of thioether (sulfide) groups is 1. The number of halogens is 1. The third-order valence-corrected chi connectivity index (χ3v) is 4.63. The van der Waals surface area contributed by atoms with E-state index in [0.29, 0.717) is 11.3 Å². The van der Waals surface area contributed by atoms with Crippen LogP contribution in [0.2, 0.25) is 0 Å². The topological polar surface area (TPSA) is 85.1 Å². The van der Waals surface area contributed by atoms with E-state index < -0.39 is 11.1 Å². The van der Waals surface area contributed by atoms with Gasteiger partial charge in [-0.05, 0) is 38.1 Å². The molecule has 0 aliphatic carbocycles. The number of anilines is 1. The van der Waals surface area contributed by atoms with Crippen LogP contribution in [0, 0.1) is 5.82 Å². The van der Waals surface area contributed by atoms with Crippen molar-refractivity contribution in [2.24, 2.45) is 0 Å². The van der Waals surface area contributed by atoms with E-state index in [1.54, 1.807) is 43.3 Å². The van der Waals surface area contributed by atoms with E-state index in [4.69, 9.17) is 4.42 Å². The Kier molecular flexibility index (Phi) is 5.66. The number of hydrogen-bond acceptors (Lipinski definition) is 6. The van der Waals surface area contributed by atoms with E-state index in [2.05, 4.69) is 15.5 Å². The molecule has 3 aromatic rings. The van der Waals surface area contributed by atoms with Crippen LogP contribution < -0.4 is 5.32 Å². The average molecular weight is 385 g/mol. The van der Waals surface area contributed by atoms with Gasteiger partial charge in [0.25, 0.3) is 11.1 Å². The number of amides is 1. The standard InChI is InChI=1S/C19H16FN3O3S/c1-11(24)13-6-5-7-14(10-13)21-17(25)12(2)27-19-23-22-18(26-19)15-8-3-4-9-16(15)20/h3-10,12H,1-2H3,(H,21,25)/t12-/m0/s1. The lowest BCUT2D eigenvalue weighted by Crippen LogP contribution is -2.22. The lowest BCUT2D eigenvalue weighted by molar-refractivity contribution is -0.115. The predicted molar refractivity (Wildman–Crippen MR) is 100 cm³/mol. The molecule has 3 rings (SSSR count). The zero-order valence-corrected chi connectivity index (χ0v) is 15.4. The number of nitrogens with zero attached hydrogens (tertiary/aromatic N) is 2. The number of carbonyl (C=O) groups is 2. The van der Waals surface area contributed by atoms with Crippen LogP contribution in [0.5, 0.6) is 0 Å². The fourth-order valence-corrected chi connectivity index (χ4v) is 2.95. The van der Waals surface area contributed by atoms with E-state index in [1.807, 2.05) is 0 Å². The van der Waals surface area contributed by atoms with Crippen LogP contribution in [-0.2, 0) is 4.79 Å². The van der Waals surface area contributed by atoms with Crippen molar-refractivity contribution >= 4 is 29.1 Å². The van der Waals surface area contributed by atoms with Gasteiger partial charge in [0.1, 0.15) is 5.82 Å². The molecule has 1 aromatic heterocycles. The predicted octanol–water partition coefficient (Wildman–Crippen LogP) is 4.20. The Bertz CT molecular complexity index is 990. The molecular formula is C19H16FN3O3S. The smallest absolute Gasteiger partial charge is 0.277 e. The summed E-state index contributed by atoms with van der Waals surface area (Å²) in [5, 5.41) is 10.0. The van der Waals surface area contributed by atoms with E-state index in [-0.39, 0.29) is 28.4 Å². The second-order valence-electron chi connectivity index (χ2n) is 5.74. The lowest BCUT2D eigenvalue weighted by atomic mass is 10.1. The summed E-state index contributed by atoms with van der Waals surface area (Å²) in [5.74, 6) is -0.780. The minimum atomic E-state index is -0.542. The summed E-state index contributed by atoms with van der Waals surface area (Å²) in [7, 11) is 0. The molecule has 2 aromatic carbocycles. The van der Waals surface area contributed by atoms with Crippen molar-refractivity contribution in [2.45, 2.75) is 24.3 Å². The number of benzene rings is 2. The van der Waals surface area contributed by atoms with Crippen molar-refractivity contribution in [2.75, 3.05) is 5.32 Å². The summed E-state index contributed by atoms with van der Waals surface area (Å²) in [6.45, 7) is 3.14. The number of carbonyl (C=O) groups excluding carboxylic acids is 2. The highest BCUT2D eigenvalue weighted by Gasteiger charge is 2.20. The first-order valence-electron chi connectivity index (χ1n) is 8.11. The largest absolute Gasteiger partial charge is 0.411 e. The zero-order valence-electron chi connectivity index (χ0n) is 14.6. The van der Waals surface area contributed by atoms with Crippen LogP contribution in [0.3, 0.4) is 0 Å². The second kappa shape index (κ2) is 8.13. The van der Waals surface area contributed by atoms with Gasteiger partial charge in [0.05, 0.1) is 10.8 Å². The molecule has 138 valence electrons. The molecule has 6 nitrogen and oxygen atoms in total. The summed E-state index contributed by atoms with van der Waals surface area (Å²) in [5.41, 5.74) is 1.24. The van der Waals surface area contributed by atoms with Gasteiger partial charge in [-0.25, -0.2) is 4.39 Å². The van der Waals surface area contributed by atoms with Gasteiger partial charge in [0.15, 0.2) is 5.78 Å². The summed E-state index contributed by atoms with van der Waals surface area (Å²) in [4.78, 5) is 23.8. The first-order valence-corrected chi connectivity index (χ1v) is 8.99. The summed E-state index contributed by atoms with van der Waals surface area (Å²) in [6, 6.07) is 12.8. The van der Waals surface area contributed by atoms with Gasteiger partial charge in [-0.1, -0.05) is 36.0 Å². The molecule has 0 bridgehead atoms. The molecule has 8 heteroatoms. The maximum absolute atomic E-state index is 13.8. The Balaban J connectivity index is 1.66. The highest BCUT2D eigenvalue weighted by molar-refractivity contribution is 8.00. The third kappa shape index (κ3) is 4.59. The quantitative estimate of drug-likeness (QED) is 0.506. The number of hydrogen-bond donors (Lipinski definition) is 1. The van der Waals surface area contributed by atoms with Gasteiger partial charge in [-0.3, -0.25) is 9.59 Å². The lowest BCUT2D eigenvalue weighted by Gasteiger charge is -2.10. The summed E-state index contributed by atoms with van der Waals surface area (Å²) < 4.78 is 19.2. The van der Waals surface area contributed by atoms with Gasteiger partial charge < -0.3 is 9.73 Å². The van der Waals surface area contributed by atoms with Gasteiger partial charge in [-0.15, -0.1) is 10.2 Å². The van der Waals surface area contributed by atoms with Crippen molar-refractivity contribution < 1.29 is 18.4 Å². The fourth-order valence-electron chi connectivity index (χ4n) is 2.27. The number of aromatic nitrogens is 2. The van der Waals surface area contributed by atoms with Crippen LogP contribution in [0.4, 0.5) is 10.1 Å². The molecule has 0 radical (unpaired) electrons. The molecular weight excluding hydrogens is 369 g/mol.